The van der Waals surface area contributed by atoms with Crippen molar-refractivity contribution in [3.8, 4) is 0 Å². The molecule has 0 bridgehead atoms. The molecule has 142 valence electrons. The maximum absolute atomic E-state index is 13.0. The van der Waals surface area contributed by atoms with Crippen molar-refractivity contribution in [2.24, 2.45) is 0 Å². The third kappa shape index (κ3) is 6.88. The Balaban J connectivity index is 2.91. The largest absolute Gasteiger partial charge is 0.469 e. The van der Waals surface area contributed by atoms with Crippen molar-refractivity contribution in [1.29, 1.82) is 0 Å². The van der Waals surface area contributed by atoms with Crippen LogP contribution in [0.2, 0.25) is 0 Å². The van der Waals surface area contributed by atoms with Crippen molar-refractivity contribution < 1.29 is 33.0 Å². The number of esters is 2. The Morgan fingerprint density at radius 3 is 2.12 bits per heavy atom. The minimum absolute atomic E-state index is 0.0673. The molecule has 2 N–H and O–H groups in total. The second-order valence-electron chi connectivity index (χ2n) is 5.45. The topological polar surface area (TPSA) is 111 Å². The summed E-state index contributed by atoms with van der Waals surface area (Å²) < 4.78 is 22.0. The molecule has 0 spiro atoms. The van der Waals surface area contributed by atoms with E-state index in [0.29, 0.717) is 5.56 Å². The Morgan fingerprint density at radius 1 is 1.00 bits per heavy atom. The molecule has 8 nitrogen and oxygen atoms in total. The van der Waals surface area contributed by atoms with Gasteiger partial charge in [0.05, 0.1) is 20.6 Å². The lowest BCUT2D eigenvalue weighted by molar-refractivity contribution is -0.151. The van der Waals surface area contributed by atoms with E-state index in [-0.39, 0.29) is 6.42 Å². The molecular weight excluding hydrogens is 347 g/mol. The molecule has 2 atom stereocenters. The Bertz CT molecular complexity index is 662. The van der Waals surface area contributed by atoms with Gasteiger partial charge in [-0.15, -0.1) is 0 Å². The van der Waals surface area contributed by atoms with Crippen LogP contribution in [0.4, 0.5) is 4.39 Å². The van der Waals surface area contributed by atoms with Gasteiger partial charge in [-0.3, -0.25) is 14.4 Å². The first kappa shape index (κ1) is 21.1. The summed E-state index contributed by atoms with van der Waals surface area (Å²) in [6, 6.07) is 3.12. The highest BCUT2D eigenvalue weighted by molar-refractivity contribution is 5.92. The van der Waals surface area contributed by atoms with Crippen LogP contribution in [0.5, 0.6) is 0 Å². The van der Waals surface area contributed by atoms with Gasteiger partial charge in [0.15, 0.2) is 0 Å². The zero-order valence-corrected chi connectivity index (χ0v) is 14.7. The summed E-state index contributed by atoms with van der Waals surface area (Å²) in [5, 5.41) is 4.83. The number of rotatable bonds is 8. The van der Waals surface area contributed by atoms with E-state index in [0.717, 1.165) is 14.2 Å². The molecule has 9 heteroatoms. The van der Waals surface area contributed by atoms with Gasteiger partial charge in [-0.2, -0.15) is 0 Å². The van der Waals surface area contributed by atoms with Gasteiger partial charge in [0.1, 0.15) is 17.9 Å². The number of hydrogen-bond donors (Lipinski definition) is 2. The zero-order chi connectivity index (χ0) is 19.7. The summed E-state index contributed by atoms with van der Waals surface area (Å²) >= 11 is 0. The highest BCUT2D eigenvalue weighted by Gasteiger charge is 2.29. The van der Waals surface area contributed by atoms with Crippen molar-refractivity contribution in [2.75, 3.05) is 14.2 Å². The molecule has 0 heterocycles. The predicted molar refractivity (Wildman–Crippen MR) is 88.3 cm³/mol. The predicted octanol–water partition coefficient (Wildman–Crippen LogP) is 0.0938. The van der Waals surface area contributed by atoms with Crippen molar-refractivity contribution in [3.05, 3.63) is 35.6 Å². The maximum Gasteiger partial charge on any atom is 0.328 e. The summed E-state index contributed by atoms with van der Waals surface area (Å²) in [4.78, 5) is 47.1. The van der Waals surface area contributed by atoms with Gasteiger partial charge in [0.25, 0.3) is 0 Å². The maximum atomic E-state index is 13.0. The molecule has 0 aliphatic carbocycles. The molecule has 0 saturated heterocycles. The average Bonchev–Trinajstić information content (AvgIpc) is 2.61. The molecule has 2 amide bonds. The summed E-state index contributed by atoms with van der Waals surface area (Å²) in [5.74, 6) is -3.13. The molecule has 0 saturated carbocycles. The van der Waals surface area contributed by atoms with Crippen molar-refractivity contribution in [3.63, 3.8) is 0 Å². The number of hydrogen-bond acceptors (Lipinski definition) is 6. The van der Waals surface area contributed by atoms with Crippen LogP contribution < -0.4 is 10.6 Å². The second kappa shape index (κ2) is 10.1. The molecule has 1 rings (SSSR count). The lowest BCUT2D eigenvalue weighted by Gasteiger charge is -2.21. The van der Waals surface area contributed by atoms with E-state index in [4.69, 9.17) is 0 Å². The second-order valence-corrected chi connectivity index (χ2v) is 5.45. The smallest absolute Gasteiger partial charge is 0.328 e. The Kier molecular flexibility index (Phi) is 8.20. The van der Waals surface area contributed by atoms with Gasteiger partial charge < -0.3 is 20.1 Å². The first-order chi connectivity index (χ1) is 12.3. The van der Waals surface area contributed by atoms with Crippen LogP contribution in [0.1, 0.15) is 18.9 Å². The van der Waals surface area contributed by atoms with Crippen LogP contribution in [-0.4, -0.2) is 50.1 Å². The van der Waals surface area contributed by atoms with Crippen LogP contribution in [0.15, 0.2) is 24.3 Å². The van der Waals surface area contributed by atoms with Crippen molar-refractivity contribution >= 4 is 23.8 Å². The van der Waals surface area contributed by atoms with Crippen LogP contribution >= 0.6 is 0 Å². The van der Waals surface area contributed by atoms with Gasteiger partial charge in [-0.1, -0.05) is 12.1 Å². The van der Waals surface area contributed by atoms with Crippen LogP contribution in [0, 0.1) is 5.82 Å². The van der Waals surface area contributed by atoms with Crippen molar-refractivity contribution in [2.45, 2.75) is 31.8 Å². The summed E-state index contributed by atoms with van der Waals surface area (Å²) in [6.45, 7) is 1.23. The molecular formula is C17H21FN2O6. The highest BCUT2D eigenvalue weighted by Crippen LogP contribution is 2.07. The lowest BCUT2D eigenvalue weighted by atomic mass is 10.0. The standard InChI is InChI=1S/C17H21FN2O6/c1-10(21)19-13(8-11-4-6-12(18)7-5-11)16(23)20-14(17(24)26-3)9-15(22)25-2/h4-7,13-14H,8-9H2,1-3H3,(H,19,21)(H,20,23)/t13-,14+/m0/s1. The minimum Gasteiger partial charge on any atom is -0.469 e. The SMILES string of the molecule is COC(=O)C[C@@H](NC(=O)[C@H](Cc1ccc(F)cc1)NC(C)=O)C(=O)OC. The van der Waals surface area contributed by atoms with E-state index >= 15 is 0 Å². The minimum atomic E-state index is -1.26. The fourth-order valence-electron chi connectivity index (χ4n) is 2.17. The third-order valence-corrected chi connectivity index (χ3v) is 3.45. The van der Waals surface area contributed by atoms with Gasteiger partial charge in [0.2, 0.25) is 11.8 Å². The molecule has 0 aromatic heterocycles. The van der Waals surface area contributed by atoms with E-state index < -0.39 is 48.1 Å². The van der Waals surface area contributed by atoms with E-state index in [2.05, 4.69) is 20.1 Å². The third-order valence-electron chi connectivity index (χ3n) is 3.45. The quantitative estimate of drug-likeness (QED) is 0.630. The molecule has 0 fully saturated rings. The van der Waals surface area contributed by atoms with Gasteiger partial charge in [-0.05, 0) is 17.7 Å². The number of nitrogens with one attached hydrogen (secondary N) is 2. The number of carbonyl (C=O) groups is 4. The molecule has 0 aliphatic rings. The Labute approximate surface area is 150 Å². The number of methoxy groups -OCH3 is 2. The monoisotopic (exact) mass is 368 g/mol. The summed E-state index contributed by atoms with van der Waals surface area (Å²) in [7, 11) is 2.26. The van der Waals surface area contributed by atoms with Gasteiger partial charge >= 0.3 is 11.9 Å². The number of halogens is 1. The average molecular weight is 368 g/mol. The van der Waals surface area contributed by atoms with Gasteiger partial charge in [-0.25, -0.2) is 9.18 Å². The van der Waals surface area contributed by atoms with Crippen LogP contribution in [0.25, 0.3) is 0 Å². The fraction of sp³-hybridized carbons (Fsp3) is 0.412. The van der Waals surface area contributed by atoms with Gasteiger partial charge in [0, 0.05) is 13.3 Å². The van der Waals surface area contributed by atoms with Crippen LogP contribution in [0.3, 0.4) is 0 Å². The number of carbonyl (C=O) groups excluding carboxylic acids is 4. The van der Waals surface area contributed by atoms with Crippen LogP contribution in [-0.2, 0) is 35.1 Å². The molecule has 0 unspecified atom stereocenters. The van der Waals surface area contributed by atoms with E-state index in [1.165, 1.54) is 31.2 Å². The summed E-state index contributed by atoms with van der Waals surface area (Å²) in [6.07, 6.45) is -0.351. The lowest BCUT2D eigenvalue weighted by Crippen LogP contribution is -2.52. The number of ether oxygens (including phenoxy) is 2. The Morgan fingerprint density at radius 2 is 1.62 bits per heavy atom. The van der Waals surface area contributed by atoms with E-state index in [1.54, 1.807) is 0 Å². The number of benzene rings is 1. The Hall–Kier alpha value is -2.97. The first-order valence-electron chi connectivity index (χ1n) is 7.73. The zero-order valence-electron chi connectivity index (χ0n) is 14.7. The van der Waals surface area contributed by atoms with E-state index in [9.17, 15) is 23.6 Å². The molecule has 0 radical (unpaired) electrons. The number of amides is 2. The highest BCUT2D eigenvalue weighted by atomic mass is 19.1. The first-order valence-corrected chi connectivity index (χ1v) is 7.73. The molecule has 1 aromatic rings. The molecule has 1 aromatic carbocycles. The fourth-order valence-corrected chi connectivity index (χ4v) is 2.17. The molecule has 26 heavy (non-hydrogen) atoms. The molecule has 0 aliphatic heterocycles. The van der Waals surface area contributed by atoms with E-state index in [1.807, 2.05) is 0 Å². The van der Waals surface area contributed by atoms with Crippen molar-refractivity contribution in [1.82, 2.24) is 10.6 Å². The normalized spacial score (nSPS) is 12.5. The summed E-state index contributed by atoms with van der Waals surface area (Å²) in [5.41, 5.74) is 0.600.